The van der Waals surface area contributed by atoms with Crippen molar-refractivity contribution in [2.75, 3.05) is 19.8 Å². The van der Waals surface area contributed by atoms with Crippen LogP contribution in [0.15, 0.2) is 24.3 Å². The first-order valence-electron chi connectivity index (χ1n) is 6.14. The van der Waals surface area contributed by atoms with Gasteiger partial charge in [0, 0.05) is 0 Å². The number of ether oxygens (including phenoxy) is 3. The Morgan fingerprint density at radius 1 is 1.05 bits per heavy atom. The standard InChI is InChI=1S/C8H4O3.C3H6O.C2H4O.CO2/c9-7-5-3-1-2-4-6(5)8(10)11-7;1-3-2-4-3;1-2-3-1;2-1-3/h1-4H;3H,2H2,1H3;1-2H2;. The normalized spacial score (nSPS) is 19.0. The molecule has 2 saturated heterocycles. The average molecular weight is 294 g/mol. The van der Waals surface area contributed by atoms with Crippen LogP contribution < -0.4 is 0 Å². The number of epoxide rings is 2. The zero-order chi connectivity index (χ0) is 15.7. The lowest BCUT2D eigenvalue weighted by Crippen LogP contribution is -1.96. The predicted molar refractivity (Wildman–Crippen MR) is 67.4 cm³/mol. The van der Waals surface area contributed by atoms with E-state index in [-0.39, 0.29) is 6.15 Å². The highest BCUT2D eigenvalue weighted by Crippen LogP contribution is 2.18. The number of carbonyl (C=O) groups is 2. The van der Waals surface area contributed by atoms with Crippen LogP contribution in [0.2, 0.25) is 0 Å². The Labute approximate surface area is 120 Å². The fourth-order valence-corrected chi connectivity index (χ4v) is 1.13. The van der Waals surface area contributed by atoms with Gasteiger partial charge >= 0.3 is 18.1 Å². The minimum absolute atomic E-state index is 0.250. The van der Waals surface area contributed by atoms with Crippen LogP contribution in [0.25, 0.3) is 0 Å². The second-order valence-electron chi connectivity index (χ2n) is 4.06. The summed E-state index contributed by atoms with van der Waals surface area (Å²) in [7, 11) is 0. The number of fused-ring (bicyclic) bond motifs is 1. The van der Waals surface area contributed by atoms with Gasteiger partial charge in [0.2, 0.25) is 0 Å². The molecule has 0 saturated carbocycles. The smallest absolute Gasteiger partial charge is 0.373 e. The molecule has 0 aliphatic carbocycles. The van der Waals surface area contributed by atoms with Crippen molar-refractivity contribution in [1.29, 1.82) is 0 Å². The molecule has 2 fully saturated rings. The fraction of sp³-hybridized carbons (Fsp3) is 0.357. The molecule has 1 aromatic carbocycles. The molecule has 0 aromatic heterocycles. The Bertz CT molecular complexity index is 490. The monoisotopic (exact) mass is 294 g/mol. The number of rotatable bonds is 0. The van der Waals surface area contributed by atoms with Crippen molar-refractivity contribution in [2.24, 2.45) is 0 Å². The SMILES string of the molecule is C1CO1.CC1CO1.O=C1OC(=O)c2ccccc21.O=C=O. The number of cyclic esters (lactones) is 2. The fourth-order valence-electron chi connectivity index (χ4n) is 1.13. The molecule has 21 heavy (non-hydrogen) atoms. The van der Waals surface area contributed by atoms with Gasteiger partial charge in [-0.1, -0.05) is 12.1 Å². The molecule has 3 aliphatic heterocycles. The number of hydrogen-bond donors (Lipinski definition) is 0. The lowest BCUT2D eigenvalue weighted by atomic mass is 10.1. The molecule has 1 aromatic rings. The van der Waals surface area contributed by atoms with Crippen LogP contribution in [0.1, 0.15) is 27.6 Å². The van der Waals surface area contributed by atoms with E-state index in [1.807, 2.05) is 0 Å². The van der Waals surface area contributed by atoms with Gasteiger partial charge in [-0.2, -0.15) is 9.59 Å². The summed E-state index contributed by atoms with van der Waals surface area (Å²) in [6.45, 7) is 5.04. The number of benzene rings is 1. The molecule has 0 amide bonds. The van der Waals surface area contributed by atoms with E-state index < -0.39 is 11.9 Å². The topological polar surface area (TPSA) is 103 Å². The lowest BCUT2D eigenvalue weighted by molar-refractivity contribution is -0.191. The quantitative estimate of drug-likeness (QED) is 0.396. The Hall–Kier alpha value is -2.34. The number of carbonyl (C=O) groups excluding carboxylic acids is 4. The molecule has 4 rings (SSSR count). The molecule has 3 heterocycles. The summed E-state index contributed by atoms with van der Waals surface area (Å²) >= 11 is 0. The predicted octanol–water partition coefficient (Wildman–Crippen LogP) is 0.835. The minimum atomic E-state index is -0.550. The van der Waals surface area contributed by atoms with Crippen LogP contribution in [0.4, 0.5) is 0 Å². The molecule has 1 unspecified atom stereocenters. The molecule has 1 atom stereocenters. The van der Waals surface area contributed by atoms with Crippen LogP contribution in [0.5, 0.6) is 0 Å². The van der Waals surface area contributed by atoms with Gasteiger partial charge in [0.15, 0.2) is 0 Å². The van der Waals surface area contributed by atoms with Crippen molar-refractivity contribution in [3.05, 3.63) is 35.4 Å². The average Bonchev–Trinajstić information content (AvgIpc) is 3.35. The largest absolute Gasteiger partial charge is 0.386 e. The molecule has 7 heteroatoms. The van der Waals surface area contributed by atoms with E-state index in [0.717, 1.165) is 19.8 Å². The third-order valence-electron chi connectivity index (χ3n) is 2.26. The van der Waals surface area contributed by atoms with Crippen LogP contribution >= 0.6 is 0 Å². The first-order valence-corrected chi connectivity index (χ1v) is 6.14. The lowest BCUT2D eigenvalue weighted by Gasteiger charge is -1.86. The Morgan fingerprint density at radius 2 is 1.38 bits per heavy atom. The van der Waals surface area contributed by atoms with Crippen molar-refractivity contribution >= 4 is 18.1 Å². The van der Waals surface area contributed by atoms with E-state index in [1.54, 1.807) is 24.3 Å². The maximum absolute atomic E-state index is 10.8. The summed E-state index contributed by atoms with van der Waals surface area (Å²) in [6.07, 6.45) is 0.833. The highest BCUT2D eigenvalue weighted by atomic mass is 16.6. The maximum atomic E-state index is 10.8. The van der Waals surface area contributed by atoms with Gasteiger partial charge in [0.1, 0.15) is 0 Å². The maximum Gasteiger partial charge on any atom is 0.373 e. The molecule has 3 aliphatic rings. The van der Waals surface area contributed by atoms with Crippen molar-refractivity contribution in [3.63, 3.8) is 0 Å². The molecular formula is C14H14O7. The first-order chi connectivity index (χ1) is 10.1. The van der Waals surface area contributed by atoms with E-state index in [9.17, 15) is 9.59 Å². The van der Waals surface area contributed by atoms with Crippen LogP contribution in [0.3, 0.4) is 0 Å². The summed E-state index contributed by atoms with van der Waals surface area (Å²) in [5.74, 6) is -1.10. The van der Waals surface area contributed by atoms with Crippen molar-refractivity contribution in [3.8, 4) is 0 Å². The van der Waals surface area contributed by atoms with E-state index in [0.29, 0.717) is 17.2 Å². The van der Waals surface area contributed by atoms with Crippen LogP contribution in [0, 0.1) is 0 Å². The number of hydrogen-bond acceptors (Lipinski definition) is 7. The van der Waals surface area contributed by atoms with E-state index in [1.165, 1.54) is 0 Å². The second kappa shape index (κ2) is 8.76. The molecule has 0 spiro atoms. The highest BCUT2D eigenvalue weighted by Gasteiger charge is 2.28. The van der Waals surface area contributed by atoms with Gasteiger partial charge in [0.05, 0.1) is 37.1 Å². The third kappa shape index (κ3) is 7.12. The van der Waals surface area contributed by atoms with Gasteiger partial charge in [0.25, 0.3) is 0 Å². The summed E-state index contributed by atoms with van der Waals surface area (Å²) in [5, 5.41) is 0. The van der Waals surface area contributed by atoms with Gasteiger partial charge in [-0.05, 0) is 19.1 Å². The summed E-state index contributed by atoms with van der Waals surface area (Å²) in [4.78, 5) is 37.9. The zero-order valence-electron chi connectivity index (χ0n) is 11.4. The Balaban J connectivity index is 0.000000180. The molecule has 0 bridgehead atoms. The zero-order valence-corrected chi connectivity index (χ0v) is 11.4. The van der Waals surface area contributed by atoms with Gasteiger partial charge < -0.3 is 14.2 Å². The van der Waals surface area contributed by atoms with Crippen molar-refractivity contribution < 1.29 is 33.4 Å². The molecule has 0 radical (unpaired) electrons. The first kappa shape index (κ1) is 16.7. The third-order valence-corrected chi connectivity index (χ3v) is 2.26. The van der Waals surface area contributed by atoms with Crippen LogP contribution in [-0.4, -0.2) is 44.0 Å². The molecule has 0 N–H and O–H groups in total. The van der Waals surface area contributed by atoms with Crippen molar-refractivity contribution in [1.82, 2.24) is 0 Å². The summed E-state index contributed by atoms with van der Waals surface area (Å²) < 4.78 is 13.6. The highest BCUT2D eigenvalue weighted by molar-refractivity contribution is 6.14. The number of esters is 2. The van der Waals surface area contributed by atoms with Gasteiger partial charge in [-0.15, -0.1) is 0 Å². The Morgan fingerprint density at radius 3 is 1.62 bits per heavy atom. The van der Waals surface area contributed by atoms with Crippen molar-refractivity contribution in [2.45, 2.75) is 13.0 Å². The Kier molecular flexibility index (Phi) is 6.97. The van der Waals surface area contributed by atoms with Crippen LogP contribution in [-0.2, 0) is 23.8 Å². The summed E-state index contributed by atoms with van der Waals surface area (Å²) in [6, 6.07) is 6.53. The van der Waals surface area contributed by atoms with Gasteiger partial charge in [-0.25, -0.2) is 9.59 Å². The summed E-state index contributed by atoms with van der Waals surface area (Å²) in [5.41, 5.74) is 0.718. The minimum Gasteiger partial charge on any atom is -0.386 e. The molecule has 112 valence electrons. The van der Waals surface area contributed by atoms with E-state index in [2.05, 4.69) is 16.4 Å². The molecule has 7 nitrogen and oxygen atoms in total. The second-order valence-corrected chi connectivity index (χ2v) is 4.06. The molecular weight excluding hydrogens is 280 g/mol. The van der Waals surface area contributed by atoms with E-state index in [4.69, 9.17) is 14.3 Å². The van der Waals surface area contributed by atoms with Gasteiger partial charge in [-0.3, -0.25) is 0 Å². The van der Waals surface area contributed by atoms with E-state index >= 15 is 0 Å².